The van der Waals surface area contributed by atoms with Crippen molar-refractivity contribution in [2.24, 2.45) is 0 Å². The maximum Gasteiger partial charge on any atom is 0.408 e. The summed E-state index contributed by atoms with van der Waals surface area (Å²) in [4.78, 5) is 39.4. The van der Waals surface area contributed by atoms with Crippen molar-refractivity contribution < 1.29 is 47.5 Å². The van der Waals surface area contributed by atoms with Gasteiger partial charge in [-0.15, -0.1) is 0 Å². The second-order valence-electron chi connectivity index (χ2n) is 12.6. The van der Waals surface area contributed by atoms with Crippen molar-refractivity contribution in [3.8, 4) is 11.5 Å². The molecule has 2 saturated heterocycles. The number of ether oxygens (including phenoxy) is 5. The molecule has 4 aromatic rings. The maximum absolute atomic E-state index is 14.9. The van der Waals surface area contributed by atoms with Crippen LogP contribution in [0.3, 0.4) is 0 Å². The lowest BCUT2D eigenvalue weighted by molar-refractivity contribution is -0.0646. The van der Waals surface area contributed by atoms with Gasteiger partial charge in [0.05, 0.1) is 33.8 Å². The number of nitrogens with zero attached hydrogens (tertiary/aromatic N) is 6. The van der Waals surface area contributed by atoms with Gasteiger partial charge in [0.1, 0.15) is 48.6 Å². The van der Waals surface area contributed by atoms with E-state index in [9.17, 15) is 24.4 Å². The number of aliphatic hydroxyl groups is 2. The van der Waals surface area contributed by atoms with Gasteiger partial charge in [-0.25, -0.2) is 29.0 Å². The van der Waals surface area contributed by atoms with E-state index in [4.69, 9.17) is 38.5 Å². The van der Waals surface area contributed by atoms with Crippen LogP contribution < -0.4 is 26.5 Å². The topological polar surface area (TPSA) is 250 Å². The number of rotatable bonds is 15. The lowest BCUT2D eigenvalue weighted by Crippen LogP contribution is -2.39. The molecule has 6 rings (SSSR count). The number of benzene rings is 1. The van der Waals surface area contributed by atoms with Gasteiger partial charge in [0.25, 0.3) is 5.56 Å². The molecule has 0 aliphatic carbocycles. The van der Waals surface area contributed by atoms with Crippen LogP contribution in [0.1, 0.15) is 30.0 Å². The number of aryl methyl sites for hydroxylation is 1. The van der Waals surface area contributed by atoms with E-state index in [2.05, 4.69) is 19.9 Å². The van der Waals surface area contributed by atoms with E-state index in [-0.39, 0.29) is 24.3 Å². The van der Waals surface area contributed by atoms with Crippen molar-refractivity contribution in [2.75, 3.05) is 53.9 Å². The molecule has 288 valence electrons. The fraction of sp³-hybridized carbons (Fsp3) is 0.531. The fourth-order valence-corrected chi connectivity index (χ4v) is 8.00. The summed E-state index contributed by atoms with van der Waals surface area (Å²) in [6.45, 7) is 0.744. The number of aromatic amines is 1. The highest BCUT2D eigenvalue weighted by molar-refractivity contribution is 7.51. The van der Waals surface area contributed by atoms with E-state index in [0.717, 1.165) is 10.1 Å². The van der Waals surface area contributed by atoms with E-state index >= 15 is 0 Å². The van der Waals surface area contributed by atoms with Crippen molar-refractivity contribution >= 4 is 24.7 Å². The molecule has 2 aliphatic heterocycles. The lowest BCUT2D eigenvalue weighted by atomic mass is 10.1. The lowest BCUT2D eigenvalue weighted by Gasteiger charge is -2.31. The Morgan fingerprint density at radius 2 is 1.87 bits per heavy atom. The average molecular weight is 763 g/mol. The zero-order valence-corrected chi connectivity index (χ0v) is 30.6. The standard InChI is InChI=1S/C32H43N8O12P/c1-17-12-39(32(44)37-30(17)43)31-27(48-5)26(42)23(51-31)14-49-53(45,38(2)9-8-18-6-7-19(46-3)20(10-18)47-4)52-21-11-24(50-22(21)13-41)40-16-36-25-28(33)34-15-35-29(25)40/h6-7,10,12,15-16,21-24,26-27,31,41-42H,8-9,11,13-14H2,1-5H3,(H2,33,34,35)(H,37,43,44). The van der Waals surface area contributed by atoms with Gasteiger partial charge in [0.2, 0.25) is 0 Å². The van der Waals surface area contributed by atoms with E-state index in [1.165, 1.54) is 51.8 Å². The molecular weight excluding hydrogens is 719 g/mol. The molecule has 0 bridgehead atoms. The van der Waals surface area contributed by atoms with Crippen LogP contribution >= 0.6 is 7.75 Å². The number of aromatic nitrogens is 6. The molecule has 8 unspecified atom stereocenters. The fourth-order valence-electron chi connectivity index (χ4n) is 6.33. The molecular formula is C32H43N8O12P. The highest BCUT2D eigenvalue weighted by Gasteiger charge is 2.48. The Bertz CT molecular complexity index is 2080. The minimum Gasteiger partial charge on any atom is -0.493 e. The molecule has 3 aromatic heterocycles. The Morgan fingerprint density at radius 1 is 1.09 bits per heavy atom. The molecule has 21 heteroatoms. The van der Waals surface area contributed by atoms with Crippen molar-refractivity contribution in [3.63, 3.8) is 0 Å². The van der Waals surface area contributed by atoms with Crippen molar-refractivity contribution in [1.82, 2.24) is 33.7 Å². The SMILES string of the molecule is COc1ccc(CCN(C)P(=O)(OCC2OC(n3cc(C)c(=O)[nH]c3=O)C(OC)C2O)OC2CC(n3cnc4c(N)ncnc43)OC2CO)cc1OC. The maximum atomic E-state index is 14.9. The molecule has 20 nitrogen and oxygen atoms in total. The van der Waals surface area contributed by atoms with E-state index in [0.29, 0.717) is 29.1 Å². The first-order valence-corrected chi connectivity index (χ1v) is 18.1. The van der Waals surface area contributed by atoms with Crippen molar-refractivity contribution in [3.05, 3.63) is 69.0 Å². The van der Waals surface area contributed by atoms with Crippen molar-refractivity contribution in [2.45, 2.75) is 62.7 Å². The highest BCUT2D eigenvalue weighted by atomic mass is 31.2. The molecule has 2 aliphatic rings. The van der Waals surface area contributed by atoms with Crippen LogP contribution in [0.25, 0.3) is 11.2 Å². The zero-order chi connectivity index (χ0) is 38.0. The Kier molecular flexibility index (Phi) is 11.6. The summed E-state index contributed by atoms with van der Waals surface area (Å²) in [5.74, 6) is 1.26. The molecule has 8 atom stereocenters. The Labute approximate surface area is 302 Å². The second kappa shape index (κ2) is 16.0. The number of nitrogens with two attached hydrogens (primary N) is 1. The molecule has 5 N–H and O–H groups in total. The number of likely N-dealkylation sites (N-methyl/N-ethyl adjacent to an activating group) is 1. The summed E-state index contributed by atoms with van der Waals surface area (Å²) in [6.07, 6.45) is -2.73. The minimum absolute atomic E-state index is 0.113. The highest BCUT2D eigenvalue weighted by Crippen LogP contribution is 2.55. The van der Waals surface area contributed by atoms with Gasteiger partial charge in [0.15, 0.2) is 29.2 Å². The van der Waals surface area contributed by atoms with Crippen LogP contribution in [-0.4, -0.2) is 123 Å². The third-order valence-corrected chi connectivity index (χ3v) is 11.4. The third kappa shape index (κ3) is 7.73. The number of aliphatic hydroxyl groups excluding tert-OH is 2. The summed E-state index contributed by atoms with van der Waals surface area (Å²) in [6, 6.07) is 5.41. The number of nitrogen functional groups attached to an aromatic ring is 1. The number of hydrogen-bond acceptors (Lipinski definition) is 16. The number of hydrogen-bond donors (Lipinski definition) is 4. The number of nitrogens with one attached hydrogen (secondary N) is 1. The Morgan fingerprint density at radius 3 is 2.58 bits per heavy atom. The number of imidazole rings is 1. The first-order chi connectivity index (χ1) is 25.4. The second-order valence-corrected chi connectivity index (χ2v) is 14.7. The van der Waals surface area contributed by atoms with Gasteiger partial charge in [-0.1, -0.05) is 6.07 Å². The van der Waals surface area contributed by atoms with Gasteiger partial charge >= 0.3 is 13.4 Å². The molecule has 2 fully saturated rings. The van der Waals surface area contributed by atoms with Gasteiger partial charge in [-0.3, -0.25) is 28.0 Å². The molecule has 53 heavy (non-hydrogen) atoms. The number of fused-ring (bicyclic) bond motifs is 1. The largest absolute Gasteiger partial charge is 0.493 e. The average Bonchev–Trinajstić information content (AvgIpc) is 3.86. The van der Waals surface area contributed by atoms with Crippen LogP contribution in [0.4, 0.5) is 5.82 Å². The molecule has 0 saturated carbocycles. The first-order valence-electron chi connectivity index (χ1n) is 16.6. The molecule has 1 aromatic carbocycles. The summed E-state index contributed by atoms with van der Waals surface area (Å²) in [5.41, 5.74) is 6.48. The minimum atomic E-state index is -4.30. The smallest absolute Gasteiger partial charge is 0.408 e. The quantitative estimate of drug-likeness (QED) is 0.121. The van der Waals surface area contributed by atoms with Gasteiger partial charge < -0.3 is 39.6 Å². The predicted molar refractivity (Wildman–Crippen MR) is 186 cm³/mol. The van der Waals surface area contributed by atoms with Crippen LogP contribution in [0.5, 0.6) is 11.5 Å². The number of H-pyrrole nitrogens is 1. The first kappa shape index (κ1) is 38.5. The zero-order valence-electron chi connectivity index (χ0n) is 29.7. The van der Waals surface area contributed by atoms with E-state index in [1.54, 1.807) is 23.7 Å². The monoisotopic (exact) mass is 762 g/mol. The van der Waals surface area contributed by atoms with Gasteiger partial charge in [-0.2, -0.15) is 0 Å². The van der Waals surface area contributed by atoms with E-state index in [1.807, 2.05) is 6.07 Å². The van der Waals surface area contributed by atoms with E-state index < -0.39 is 75.2 Å². The molecule has 0 spiro atoms. The Balaban J connectivity index is 1.25. The normalized spacial score (nSPS) is 25.6. The van der Waals surface area contributed by atoms with Crippen molar-refractivity contribution in [1.29, 1.82) is 0 Å². The van der Waals surface area contributed by atoms with Crippen LogP contribution in [0, 0.1) is 6.92 Å². The van der Waals surface area contributed by atoms with Crippen LogP contribution in [0.2, 0.25) is 0 Å². The molecule has 0 amide bonds. The molecule has 5 heterocycles. The summed E-state index contributed by atoms with van der Waals surface area (Å²) in [5, 5.41) is 21.5. The van der Waals surface area contributed by atoms with Crippen LogP contribution in [-0.2, 0) is 34.2 Å². The summed E-state index contributed by atoms with van der Waals surface area (Å²) < 4.78 is 59.8. The van der Waals surface area contributed by atoms with Crippen LogP contribution in [0.15, 0.2) is 46.6 Å². The number of methoxy groups -OCH3 is 3. The predicted octanol–water partition coefficient (Wildman–Crippen LogP) is 0.522. The summed E-state index contributed by atoms with van der Waals surface area (Å²) >= 11 is 0. The summed E-state index contributed by atoms with van der Waals surface area (Å²) in [7, 11) is 1.66. The van der Waals surface area contributed by atoms with Gasteiger partial charge in [0, 0.05) is 31.8 Å². The molecule has 0 radical (unpaired) electrons. The van der Waals surface area contributed by atoms with Gasteiger partial charge in [-0.05, 0) is 38.1 Å². The number of anilines is 1. The third-order valence-electron chi connectivity index (χ3n) is 9.32. The Hall–Kier alpha value is -4.24.